The molecule has 0 atom stereocenters. The SMILES string of the molecule is ClCc1nnc(CC2CCCCCC2)o1. The quantitative estimate of drug-likeness (QED) is 0.589. The normalized spacial score (nSPS) is 19.0. The van der Waals surface area contributed by atoms with E-state index in [0.717, 1.165) is 18.2 Å². The summed E-state index contributed by atoms with van der Waals surface area (Å²) in [4.78, 5) is 0. The number of alkyl halides is 1. The van der Waals surface area contributed by atoms with Crippen molar-refractivity contribution in [3.8, 4) is 0 Å². The van der Waals surface area contributed by atoms with E-state index in [1.54, 1.807) is 0 Å². The van der Waals surface area contributed by atoms with E-state index in [1.165, 1.54) is 38.5 Å². The lowest BCUT2D eigenvalue weighted by molar-refractivity contribution is 0.384. The fraction of sp³-hybridized carbons (Fsp3) is 0.818. The van der Waals surface area contributed by atoms with Gasteiger partial charge in [-0.1, -0.05) is 25.7 Å². The molecule has 0 aromatic carbocycles. The Bertz CT molecular complexity index is 293. The Labute approximate surface area is 95.2 Å². The Morgan fingerprint density at radius 3 is 2.33 bits per heavy atom. The number of rotatable bonds is 3. The summed E-state index contributed by atoms with van der Waals surface area (Å²) in [6.07, 6.45) is 9.00. The molecule has 0 aliphatic heterocycles. The van der Waals surface area contributed by atoms with Crippen LogP contribution in [0.5, 0.6) is 0 Å². The molecule has 0 saturated heterocycles. The largest absolute Gasteiger partial charge is 0.424 e. The third kappa shape index (κ3) is 3.20. The van der Waals surface area contributed by atoms with Crippen molar-refractivity contribution in [2.45, 2.75) is 50.8 Å². The Kier molecular flexibility index (Phi) is 4.01. The molecule has 0 N–H and O–H groups in total. The van der Waals surface area contributed by atoms with Crippen LogP contribution in [0.4, 0.5) is 0 Å². The van der Waals surface area contributed by atoms with E-state index in [2.05, 4.69) is 10.2 Å². The first-order valence-electron chi connectivity index (χ1n) is 5.75. The Balaban J connectivity index is 1.89. The van der Waals surface area contributed by atoms with Crippen LogP contribution >= 0.6 is 11.6 Å². The molecule has 2 rings (SSSR count). The summed E-state index contributed by atoms with van der Waals surface area (Å²) in [5.41, 5.74) is 0. The number of nitrogens with zero attached hydrogens (tertiary/aromatic N) is 2. The zero-order valence-corrected chi connectivity index (χ0v) is 9.67. The molecule has 84 valence electrons. The molecule has 0 unspecified atom stereocenters. The van der Waals surface area contributed by atoms with Gasteiger partial charge in [-0.2, -0.15) is 0 Å². The standard InChI is InChI=1S/C11H17ClN2O/c12-8-11-14-13-10(15-11)7-9-5-3-1-2-4-6-9/h9H,1-8H2. The first kappa shape index (κ1) is 10.9. The minimum Gasteiger partial charge on any atom is -0.424 e. The lowest BCUT2D eigenvalue weighted by atomic mass is 9.97. The molecule has 1 fully saturated rings. The van der Waals surface area contributed by atoms with E-state index in [9.17, 15) is 0 Å². The van der Waals surface area contributed by atoms with Crippen LogP contribution in [0.1, 0.15) is 50.3 Å². The molecule has 1 aromatic rings. The average Bonchev–Trinajstić information content (AvgIpc) is 2.54. The van der Waals surface area contributed by atoms with Gasteiger partial charge in [0.05, 0.1) is 0 Å². The number of hydrogen-bond donors (Lipinski definition) is 0. The van der Waals surface area contributed by atoms with E-state index < -0.39 is 0 Å². The van der Waals surface area contributed by atoms with E-state index in [4.69, 9.17) is 16.0 Å². The third-order valence-corrected chi connectivity index (χ3v) is 3.29. The Morgan fingerprint density at radius 2 is 1.73 bits per heavy atom. The summed E-state index contributed by atoms with van der Waals surface area (Å²) < 4.78 is 5.42. The van der Waals surface area contributed by atoms with Gasteiger partial charge in [-0.05, 0) is 18.8 Å². The van der Waals surface area contributed by atoms with Crippen LogP contribution in [0.3, 0.4) is 0 Å². The zero-order valence-electron chi connectivity index (χ0n) is 8.91. The molecule has 1 aliphatic carbocycles. The van der Waals surface area contributed by atoms with Crippen LogP contribution in [0.2, 0.25) is 0 Å². The van der Waals surface area contributed by atoms with E-state index in [-0.39, 0.29) is 0 Å². The van der Waals surface area contributed by atoms with E-state index in [0.29, 0.717) is 11.8 Å². The number of aromatic nitrogens is 2. The molecule has 1 aliphatic rings. The monoisotopic (exact) mass is 228 g/mol. The van der Waals surface area contributed by atoms with Crippen molar-refractivity contribution in [1.82, 2.24) is 10.2 Å². The van der Waals surface area contributed by atoms with Crippen LogP contribution in [0.15, 0.2) is 4.42 Å². The number of halogens is 1. The van der Waals surface area contributed by atoms with E-state index >= 15 is 0 Å². The summed E-state index contributed by atoms with van der Waals surface area (Å²) in [6, 6.07) is 0. The molecule has 15 heavy (non-hydrogen) atoms. The van der Waals surface area contributed by atoms with Crippen LogP contribution in [0, 0.1) is 5.92 Å². The van der Waals surface area contributed by atoms with Crippen LogP contribution in [-0.4, -0.2) is 10.2 Å². The molecule has 1 heterocycles. The molecular formula is C11H17ClN2O. The van der Waals surface area contributed by atoms with Gasteiger partial charge in [0, 0.05) is 6.42 Å². The fourth-order valence-corrected chi connectivity index (χ4v) is 2.35. The van der Waals surface area contributed by atoms with Crippen molar-refractivity contribution in [2.24, 2.45) is 5.92 Å². The Morgan fingerprint density at radius 1 is 1.07 bits per heavy atom. The fourth-order valence-electron chi connectivity index (χ4n) is 2.24. The molecule has 0 spiro atoms. The van der Waals surface area contributed by atoms with Gasteiger partial charge in [-0.15, -0.1) is 21.8 Å². The molecule has 3 nitrogen and oxygen atoms in total. The maximum absolute atomic E-state index is 5.61. The maximum Gasteiger partial charge on any atom is 0.231 e. The summed E-state index contributed by atoms with van der Waals surface area (Å²) >= 11 is 5.61. The van der Waals surface area contributed by atoms with Crippen molar-refractivity contribution in [1.29, 1.82) is 0 Å². The van der Waals surface area contributed by atoms with Crippen LogP contribution in [0.25, 0.3) is 0 Å². The smallest absolute Gasteiger partial charge is 0.231 e. The van der Waals surface area contributed by atoms with Gasteiger partial charge in [0.2, 0.25) is 11.8 Å². The first-order chi connectivity index (χ1) is 7.38. The van der Waals surface area contributed by atoms with Gasteiger partial charge in [0.25, 0.3) is 0 Å². The molecule has 0 bridgehead atoms. The van der Waals surface area contributed by atoms with Gasteiger partial charge in [-0.3, -0.25) is 0 Å². The summed E-state index contributed by atoms with van der Waals surface area (Å²) in [5, 5.41) is 7.89. The van der Waals surface area contributed by atoms with Gasteiger partial charge in [-0.25, -0.2) is 0 Å². The molecule has 0 amide bonds. The average molecular weight is 229 g/mol. The second-order valence-electron chi connectivity index (χ2n) is 4.28. The highest BCUT2D eigenvalue weighted by Crippen LogP contribution is 2.25. The van der Waals surface area contributed by atoms with Crippen molar-refractivity contribution in [2.75, 3.05) is 0 Å². The predicted octanol–water partition coefficient (Wildman–Crippen LogP) is 3.32. The highest BCUT2D eigenvalue weighted by molar-refractivity contribution is 6.16. The highest BCUT2D eigenvalue weighted by atomic mass is 35.5. The van der Waals surface area contributed by atoms with Crippen molar-refractivity contribution >= 4 is 11.6 Å². The van der Waals surface area contributed by atoms with Gasteiger partial charge in [0.15, 0.2) is 0 Å². The van der Waals surface area contributed by atoms with Gasteiger partial charge < -0.3 is 4.42 Å². The second-order valence-corrected chi connectivity index (χ2v) is 4.55. The Hall–Kier alpha value is -0.570. The second kappa shape index (κ2) is 5.50. The van der Waals surface area contributed by atoms with Crippen molar-refractivity contribution < 1.29 is 4.42 Å². The van der Waals surface area contributed by atoms with Gasteiger partial charge >= 0.3 is 0 Å². The first-order valence-corrected chi connectivity index (χ1v) is 6.29. The molecule has 1 saturated carbocycles. The van der Waals surface area contributed by atoms with Crippen molar-refractivity contribution in [3.63, 3.8) is 0 Å². The summed E-state index contributed by atoms with van der Waals surface area (Å²) in [5.74, 6) is 2.35. The van der Waals surface area contributed by atoms with Gasteiger partial charge in [0.1, 0.15) is 5.88 Å². The topological polar surface area (TPSA) is 38.9 Å². The number of hydrogen-bond acceptors (Lipinski definition) is 3. The molecule has 0 radical (unpaired) electrons. The van der Waals surface area contributed by atoms with E-state index in [1.807, 2.05) is 0 Å². The van der Waals surface area contributed by atoms with Crippen LogP contribution in [-0.2, 0) is 12.3 Å². The summed E-state index contributed by atoms with van der Waals surface area (Å²) in [7, 11) is 0. The third-order valence-electron chi connectivity index (χ3n) is 3.06. The lowest BCUT2D eigenvalue weighted by Crippen LogP contribution is -2.03. The van der Waals surface area contributed by atoms with Crippen LogP contribution < -0.4 is 0 Å². The lowest BCUT2D eigenvalue weighted by Gasteiger charge is -2.10. The zero-order chi connectivity index (χ0) is 10.5. The maximum atomic E-state index is 5.61. The predicted molar refractivity (Wildman–Crippen MR) is 58.8 cm³/mol. The molecule has 1 aromatic heterocycles. The van der Waals surface area contributed by atoms with Crippen molar-refractivity contribution in [3.05, 3.63) is 11.8 Å². The minimum atomic E-state index is 0.317. The molecule has 4 heteroatoms. The molecular weight excluding hydrogens is 212 g/mol. The minimum absolute atomic E-state index is 0.317. The highest BCUT2D eigenvalue weighted by Gasteiger charge is 2.16. The summed E-state index contributed by atoms with van der Waals surface area (Å²) in [6.45, 7) is 0.